The summed E-state index contributed by atoms with van der Waals surface area (Å²) < 4.78 is 13.0. The number of nitrogens with zero attached hydrogens (tertiary/aromatic N) is 1. The second-order valence-electron chi connectivity index (χ2n) is 4.54. The average Bonchev–Trinajstić information content (AvgIpc) is 2.46. The van der Waals surface area contributed by atoms with Crippen LogP contribution in [0.2, 0.25) is 0 Å². The molecule has 0 fully saturated rings. The van der Waals surface area contributed by atoms with Crippen LogP contribution in [-0.2, 0) is 0 Å². The fourth-order valence-corrected chi connectivity index (χ4v) is 2.06. The van der Waals surface area contributed by atoms with Crippen LogP contribution in [0.1, 0.15) is 15.9 Å². The number of carbonyl (C=O) groups excluding carboxylic acids is 1. The third-order valence-electron chi connectivity index (χ3n) is 3.11. The third kappa shape index (κ3) is 3.03. The van der Waals surface area contributed by atoms with E-state index in [9.17, 15) is 9.18 Å². The number of anilines is 1. The minimum Gasteiger partial charge on any atom is -0.329 e. The van der Waals surface area contributed by atoms with Gasteiger partial charge in [0.05, 0.1) is 0 Å². The van der Waals surface area contributed by atoms with E-state index in [0.29, 0.717) is 24.3 Å². The van der Waals surface area contributed by atoms with Gasteiger partial charge in [0.25, 0.3) is 5.91 Å². The first-order valence-electron chi connectivity index (χ1n) is 6.46. The number of benzene rings is 2. The highest BCUT2D eigenvalue weighted by Gasteiger charge is 2.18. The van der Waals surface area contributed by atoms with Crippen molar-refractivity contribution in [3.63, 3.8) is 0 Å². The third-order valence-corrected chi connectivity index (χ3v) is 3.11. The molecule has 0 heterocycles. The molecule has 0 aliphatic heterocycles. The molecule has 0 radical (unpaired) electrons. The Hall–Kier alpha value is -2.20. The van der Waals surface area contributed by atoms with Gasteiger partial charge < -0.3 is 10.6 Å². The molecule has 2 aromatic carbocycles. The Morgan fingerprint density at radius 2 is 1.80 bits per heavy atom. The maximum atomic E-state index is 13.0. The van der Waals surface area contributed by atoms with Gasteiger partial charge in [0.15, 0.2) is 0 Å². The molecule has 2 rings (SSSR count). The van der Waals surface area contributed by atoms with E-state index >= 15 is 0 Å². The maximum Gasteiger partial charge on any atom is 0.258 e. The Balaban J connectivity index is 2.36. The van der Waals surface area contributed by atoms with E-state index in [0.717, 1.165) is 5.56 Å². The lowest BCUT2D eigenvalue weighted by Crippen LogP contribution is -2.35. The number of aryl methyl sites for hydroxylation is 1. The second kappa shape index (κ2) is 6.30. The van der Waals surface area contributed by atoms with Crippen LogP contribution in [-0.4, -0.2) is 19.0 Å². The van der Waals surface area contributed by atoms with Crippen LogP contribution in [0.15, 0.2) is 48.5 Å². The zero-order valence-corrected chi connectivity index (χ0v) is 11.3. The molecule has 0 aliphatic rings. The summed E-state index contributed by atoms with van der Waals surface area (Å²) in [7, 11) is 0. The summed E-state index contributed by atoms with van der Waals surface area (Å²) in [5, 5.41) is 0. The first-order valence-corrected chi connectivity index (χ1v) is 6.46. The normalized spacial score (nSPS) is 10.3. The Kier molecular flexibility index (Phi) is 4.48. The topological polar surface area (TPSA) is 46.3 Å². The van der Waals surface area contributed by atoms with Crippen molar-refractivity contribution in [2.24, 2.45) is 5.73 Å². The predicted octanol–water partition coefficient (Wildman–Crippen LogP) is 2.74. The number of hydrogen-bond acceptors (Lipinski definition) is 2. The van der Waals surface area contributed by atoms with Crippen LogP contribution in [0, 0.1) is 12.7 Å². The van der Waals surface area contributed by atoms with Crippen molar-refractivity contribution in [2.75, 3.05) is 18.0 Å². The SMILES string of the molecule is Cc1ccccc1C(=O)N(CCN)c1ccc(F)cc1. The van der Waals surface area contributed by atoms with Gasteiger partial charge in [0, 0.05) is 24.3 Å². The molecular formula is C16H17FN2O. The number of carbonyl (C=O) groups is 1. The van der Waals surface area contributed by atoms with Gasteiger partial charge in [0.1, 0.15) is 5.82 Å². The Morgan fingerprint density at radius 3 is 2.40 bits per heavy atom. The molecule has 4 heteroatoms. The van der Waals surface area contributed by atoms with Crippen LogP contribution < -0.4 is 10.6 Å². The number of hydrogen-bond donors (Lipinski definition) is 1. The Labute approximate surface area is 117 Å². The van der Waals surface area contributed by atoms with Crippen molar-refractivity contribution in [3.8, 4) is 0 Å². The average molecular weight is 272 g/mol. The summed E-state index contributed by atoms with van der Waals surface area (Å²) in [6, 6.07) is 13.2. The van der Waals surface area contributed by atoms with E-state index in [4.69, 9.17) is 5.73 Å². The van der Waals surface area contributed by atoms with E-state index < -0.39 is 0 Å². The molecule has 2 aromatic rings. The van der Waals surface area contributed by atoms with Crippen molar-refractivity contribution in [1.29, 1.82) is 0 Å². The highest BCUT2D eigenvalue weighted by atomic mass is 19.1. The Bertz CT molecular complexity index is 596. The minimum absolute atomic E-state index is 0.125. The molecule has 0 saturated heterocycles. The van der Waals surface area contributed by atoms with Crippen molar-refractivity contribution >= 4 is 11.6 Å². The standard InChI is InChI=1S/C16H17FN2O/c1-12-4-2-3-5-15(12)16(20)19(11-10-18)14-8-6-13(17)7-9-14/h2-9H,10-11,18H2,1H3. The van der Waals surface area contributed by atoms with Crippen LogP contribution in [0.5, 0.6) is 0 Å². The van der Waals surface area contributed by atoms with Gasteiger partial charge in [-0.05, 0) is 42.8 Å². The molecule has 0 unspecified atom stereocenters. The smallest absolute Gasteiger partial charge is 0.258 e. The molecule has 0 aromatic heterocycles. The van der Waals surface area contributed by atoms with E-state index in [1.54, 1.807) is 23.1 Å². The van der Waals surface area contributed by atoms with Crippen LogP contribution in [0.4, 0.5) is 10.1 Å². The van der Waals surface area contributed by atoms with Gasteiger partial charge in [-0.25, -0.2) is 4.39 Å². The lowest BCUT2D eigenvalue weighted by atomic mass is 10.1. The van der Waals surface area contributed by atoms with Crippen LogP contribution in [0.25, 0.3) is 0 Å². The molecule has 0 atom stereocenters. The van der Waals surface area contributed by atoms with E-state index in [-0.39, 0.29) is 11.7 Å². The summed E-state index contributed by atoms with van der Waals surface area (Å²) in [6.45, 7) is 2.62. The monoisotopic (exact) mass is 272 g/mol. The van der Waals surface area contributed by atoms with Gasteiger partial charge in [-0.1, -0.05) is 18.2 Å². The van der Waals surface area contributed by atoms with Gasteiger partial charge in [-0.15, -0.1) is 0 Å². The molecule has 0 spiro atoms. The lowest BCUT2D eigenvalue weighted by molar-refractivity contribution is 0.0987. The van der Waals surface area contributed by atoms with E-state index in [1.807, 2.05) is 25.1 Å². The van der Waals surface area contributed by atoms with Gasteiger partial charge in [0.2, 0.25) is 0 Å². The molecule has 20 heavy (non-hydrogen) atoms. The molecule has 0 bridgehead atoms. The molecule has 2 N–H and O–H groups in total. The van der Waals surface area contributed by atoms with Gasteiger partial charge >= 0.3 is 0 Å². The van der Waals surface area contributed by atoms with Crippen molar-refractivity contribution in [1.82, 2.24) is 0 Å². The fraction of sp³-hybridized carbons (Fsp3) is 0.188. The van der Waals surface area contributed by atoms with Crippen molar-refractivity contribution in [3.05, 3.63) is 65.5 Å². The minimum atomic E-state index is -0.329. The highest BCUT2D eigenvalue weighted by Crippen LogP contribution is 2.19. The summed E-state index contributed by atoms with van der Waals surface area (Å²) >= 11 is 0. The molecule has 0 saturated carbocycles. The zero-order chi connectivity index (χ0) is 14.5. The summed E-state index contributed by atoms with van der Waals surface area (Å²) in [4.78, 5) is 14.2. The lowest BCUT2D eigenvalue weighted by Gasteiger charge is -2.23. The number of rotatable bonds is 4. The second-order valence-corrected chi connectivity index (χ2v) is 4.54. The summed E-state index contributed by atoms with van der Waals surface area (Å²) in [6.07, 6.45) is 0. The van der Waals surface area contributed by atoms with Crippen LogP contribution >= 0.6 is 0 Å². The number of amides is 1. The van der Waals surface area contributed by atoms with Gasteiger partial charge in [-0.3, -0.25) is 4.79 Å². The molecule has 0 aliphatic carbocycles. The first-order chi connectivity index (χ1) is 9.63. The fourth-order valence-electron chi connectivity index (χ4n) is 2.06. The van der Waals surface area contributed by atoms with Crippen molar-refractivity contribution in [2.45, 2.75) is 6.92 Å². The Morgan fingerprint density at radius 1 is 1.15 bits per heavy atom. The highest BCUT2D eigenvalue weighted by molar-refractivity contribution is 6.07. The summed E-state index contributed by atoms with van der Waals surface area (Å²) in [5.41, 5.74) is 7.76. The largest absolute Gasteiger partial charge is 0.329 e. The first kappa shape index (κ1) is 14.2. The maximum absolute atomic E-state index is 13.0. The molecule has 104 valence electrons. The van der Waals surface area contributed by atoms with Crippen LogP contribution in [0.3, 0.4) is 0 Å². The quantitative estimate of drug-likeness (QED) is 0.930. The zero-order valence-electron chi connectivity index (χ0n) is 11.3. The van der Waals surface area contributed by atoms with Crippen molar-refractivity contribution < 1.29 is 9.18 Å². The summed E-state index contributed by atoms with van der Waals surface area (Å²) in [5.74, 6) is -0.454. The number of nitrogens with two attached hydrogens (primary N) is 1. The molecule has 1 amide bonds. The van der Waals surface area contributed by atoms with E-state index in [1.165, 1.54) is 12.1 Å². The van der Waals surface area contributed by atoms with Gasteiger partial charge in [-0.2, -0.15) is 0 Å². The van der Waals surface area contributed by atoms with E-state index in [2.05, 4.69) is 0 Å². The number of halogens is 1. The molecule has 3 nitrogen and oxygen atoms in total. The molecular weight excluding hydrogens is 255 g/mol. The predicted molar refractivity (Wildman–Crippen MR) is 78.3 cm³/mol.